The lowest BCUT2D eigenvalue weighted by Gasteiger charge is -2.03. The van der Waals surface area contributed by atoms with Crippen LogP contribution in [0.1, 0.15) is 71.1 Å². The van der Waals surface area contributed by atoms with Crippen molar-refractivity contribution in [3.05, 3.63) is 6.92 Å². The van der Waals surface area contributed by atoms with Gasteiger partial charge in [0.05, 0.1) is 0 Å². The molecule has 1 radical (unpaired) electrons. The molecule has 0 N–H and O–H groups in total. The van der Waals surface area contributed by atoms with Crippen molar-refractivity contribution in [1.29, 1.82) is 0 Å². The van der Waals surface area contributed by atoms with E-state index in [1.165, 1.54) is 57.8 Å². The molecule has 1 nitrogen and oxygen atoms in total. The fraction of sp³-hybridized carbons (Fsp3) is 0.929. The van der Waals surface area contributed by atoms with E-state index in [1.807, 2.05) is 0 Å². The second-order valence-corrected chi connectivity index (χ2v) is 4.29. The summed E-state index contributed by atoms with van der Waals surface area (Å²) in [5, 5.41) is 0. The summed E-state index contributed by atoms with van der Waals surface area (Å²) in [6.07, 6.45) is 13.3. The summed E-state index contributed by atoms with van der Waals surface area (Å²) in [5.41, 5.74) is 0. The molecular formula is C14H29O. The van der Waals surface area contributed by atoms with E-state index in [9.17, 15) is 0 Å². The van der Waals surface area contributed by atoms with Gasteiger partial charge in [-0.1, -0.05) is 65.2 Å². The zero-order chi connectivity index (χ0) is 11.2. The first kappa shape index (κ1) is 15.0. The maximum Gasteiger partial charge on any atom is 0.0466 e. The average Bonchev–Trinajstić information content (AvgIpc) is 2.26. The molecule has 91 valence electrons. The Morgan fingerprint density at radius 2 is 1.27 bits per heavy atom. The Kier molecular flexibility index (Phi) is 13.9. The topological polar surface area (TPSA) is 9.23 Å². The smallest absolute Gasteiger partial charge is 0.0466 e. The first-order valence-corrected chi connectivity index (χ1v) is 6.78. The fourth-order valence-corrected chi connectivity index (χ4v) is 1.72. The predicted molar refractivity (Wildman–Crippen MR) is 68.0 cm³/mol. The van der Waals surface area contributed by atoms with E-state index in [0.29, 0.717) is 0 Å². The van der Waals surface area contributed by atoms with Gasteiger partial charge < -0.3 is 4.74 Å². The largest absolute Gasteiger partial charge is 0.381 e. The van der Waals surface area contributed by atoms with Crippen molar-refractivity contribution in [3.8, 4) is 0 Å². The van der Waals surface area contributed by atoms with Crippen LogP contribution in [0.2, 0.25) is 0 Å². The van der Waals surface area contributed by atoms with Crippen LogP contribution in [0.15, 0.2) is 0 Å². The lowest BCUT2D eigenvalue weighted by atomic mass is 10.1. The molecule has 1 heteroatoms. The van der Waals surface area contributed by atoms with Gasteiger partial charge in [-0.05, 0) is 12.8 Å². The van der Waals surface area contributed by atoms with Gasteiger partial charge in [-0.3, -0.25) is 0 Å². The van der Waals surface area contributed by atoms with Crippen molar-refractivity contribution in [2.24, 2.45) is 0 Å². The third kappa shape index (κ3) is 14.0. The molecule has 0 saturated carbocycles. The van der Waals surface area contributed by atoms with E-state index in [4.69, 9.17) is 4.74 Å². The lowest BCUT2D eigenvalue weighted by molar-refractivity contribution is 0.134. The van der Waals surface area contributed by atoms with Gasteiger partial charge in [-0.25, -0.2) is 0 Å². The molecule has 0 aromatic heterocycles. The molecule has 0 aromatic rings. The summed E-state index contributed by atoms with van der Waals surface area (Å²) in [4.78, 5) is 0. The molecule has 0 aliphatic heterocycles. The van der Waals surface area contributed by atoms with E-state index < -0.39 is 0 Å². The van der Waals surface area contributed by atoms with Gasteiger partial charge in [0.25, 0.3) is 0 Å². The summed E-state index contributed by atoms with van der Waals surface area (Å²) >= 11 is 0. The Balaban J connectivity index is 2.81. The molecule has 0 fully saturated rings. The molecule has 15 heavy (non-hydrogen) atoms. The maximum absolute atomic E-state index is 5.38. The van der Waals surface area contributed by atoms with Crippen molar-refractivity contribution in [2.45, 2.75) is 71.1 Å². The zero-order valence-corrected chi connectivity index (χ0v) is 10.6. The van der Waals surface area contributed by atoms with E-state index in [2.05, 4.69) is 13.8 Å². The van der Waals surface area contributed by atoms with Crippen molar-refractivity contribution in [1.82, 2.24) is 0 Å². The Bertz CT molecular complexity index is 89.5. The number of hydrogen-bond acceptors (Lipinski definition) is 1. The van der Waals surface area contributed by atoms with E-state index in [1.54, 1.807) is 0 Å². The van der Waals surface area contributed by atoms with Gasteiger partial charge in [0.15, 0.2) is 0 Å². The molecule has 0 aromatic carbocycles. The molecule has 0 spiro atoms. The van der Waals surface area contributed by atoms with Crippen LogP contribution in [-0.2, 0) is 4.74 Å². The highest BCUT2D eigenvalue weighted by Crippen LogP contribution is 2.09. The third-order valence-corrected chi connectivity index (χ3v) is 2.68. The summed E-state index contributed by atoms with van der Waals surface area (Å²) < 4.78 is 5.38. The van der Waals surface area contributed by atoms with Crippen LogP contribution in [0, 0.1) is 6.92 Å². The molecule has 0 aliphatic rings. The molecule has 0 atom stereocenters. The van der Waals surface area contributed by atoms with E-state index in [-0.39, 0.29) is 0 Å². The monoisotopic (exact) mass is 213 g/mol. The van der Waals surface area contributed by atoms with Crippen LogP contribution in [0.3, 0.4) is 0 Å². The average molecular weight is 213 g/mol. The van der Waals surface area contributed by atoms with Crippen LogP contribution >= 0.6 is 0 Å². The van der Waals surface area contributed by atoms with Gasteiger partial charge in [0.1, 0.15) is 0 Å². The van der Waals surface area contributed by atoms with Gasteiger partial charge in [0.2, 0.25) is 0 Å². The Hall–Kier alpha value is -0.0400. The van der Waals surface area contributed by atoms with Crippen LogP contribution in [0.5, 0.6) is 0 Å². The van der Waals surface area contributed by atoms with Crippen LogP contribution in [-0.4, -0.2) is 13.2 Å². The van der Waals surface area contributed by atoms with E-state index in [0.717, 1.165) is 19.6 Å². The highest BCUT2D eigenvalue weighted by molar-refractivity contribution is 4.46. The summed E-state index contributed by atoms with van der Waals surface area (Å²) in [6.45, 7) is 7.78. The molecule has 0 unspecified atom stereocenters. The fourth-order valence-electron chi connectivity index (χ4n) is 1.72. The SMILES string of the molecule is [CH2]CCOCCCCCCCCCCC. The minimum atomic E-state index is 0.830. The number of unbranched alkanes of at least 4 members (excludes halogenated alkanes) is 8. The van der Waals surface area contributed by atoms with Gasteiger partial charge in [-0.15, -0.1) is 0 Å². The van der Waals surface area contributed by atoms with Crippen LogP contribution in [0.4, 0.5) is 0 Å². The first-order valence-electron chi connectivity index (χ1n) is 6.78. The second-order valence-electron chi connectivity index (χ2n) is 4.29. The summed E-state index contributed by atoms with van der Waals surface area (Å²) in [5.74, 6) is 0. The number of ether oxygens (including phenoxy) is 1. The quantitative estimate of drug-likeness (QED) is 0.425. The molecular weight excluding hydrogens is 184 g/mol. The zero-order valence-electron chi connectivity index (χ0n) is 10.6. The molecule has 0 saturated heterocycles. The molecule has 0 rings (SSSR count). The summed E-state index contributed by atoms with van der Waals surface area (Å²) in [7, 11) is 0. The Morgan fingerprint density at radius 1 is 0.733 bits per heavy atom. The van der Waals surface area contributed by atoms with Gasteiger partial charge in [0, 0.05) is 13.2 Å². The van der Waals surface area contributed by atoms with Crippen molar-refractivity contribution >= 4 is 0 Å². The first-order chi connectivity index (χ1) is 7.41. The van der Waals surface area contributed by atoms with Gasteiger partial charge >= 0.3 is 0 Å². The molecule has 0 aliphatic carbocycles. The molecule has 0 bridgehead atoms. The Labute approximate surface area is 96.6 Å². The summed E-state index contributed by atoms with van der Waals surface area (Å²) in [6, 6.07) is 0. The highest BCUT2D eigenvalue weighted by Gasteiger charge is 1.92. The number of hydrogen-bond donors (Lipinski definition) is 0. The maximum atomic E-state index is 5.38. The predicted octanol–water partition coefficient (Wildman–Crippen LogP) is 4.76. The lowest BCUT2D eigenvalue weighted by Crippen LogP contribution is -1.95. The van der Waals surface area contributed by atoms with Crippen LogP contribution < -0.4 is 0 Å². The number of rotatable bonds is 12. The second kappa shape index (κ2) is 14.0. The Morgan fingerprint density at radius 3 is 1.80 bits per heavy atom. The van der Waals surface area contributed by atoms with Crippen molar-refractivity contribution in [3.63, 3.8) is 0 Å². The van der Waals surface area contributed by atoms with Crippen molar-refractivity contribution in [2.75, 3.05) is 13.2 Å². The standard InChI is InChI=1S/C14H29O/c1-3-5-6-7-8-9-10-11-12-14-15-13-4-2/h2-14H2,1H3. The minimum absolute atomic E-state index is 0.830. The van der Waals surface area contributed by atoms with Gasteiger partial charge in [-0.2, -0.15) is 0 Å². The normalized spacial score (nSPS) is 10.8. The molecule has 0 amide bonds. The van der Waals surface area contributed by atoms with Crippen molar-refractivity contribution < 1.29 is 4.74 Å². The molecule has 0 heterocycles. The van der Waals surface area contributed by atoms with Crippen LogP contribution in [0.25, 0.3) is 0 Å². The minimum Gasteiger partial charge on any atom is -0.381 e. The third-order valence-electron chi connectivity index (χ3n) is 2.68. The van der Waals surface area contributed by atoms with E-state index >= 15 is 0 Å². The highest BCUT2D eigenvalue weighted by atomic mass is 16.5.